The van der Waals surface area contributed by atoms with E-state index in [9.17, 15) is 9.59 Å². The highest BCUT2D eigenvalue weighted by atomic mass is 16.5. The van der Waals surface area contributed by atoms with E-state index in [0.29, 0.717) is 30.8 Å². The standard InChI is InChI=1S/C20H20N4O3/c25-19-12-16(15-3-1-2-4-17(15)23-19)20(26)22-13-14-5-6-21-18(11-14)24-7-9-27-10-8-24/h1-6,11-12H,7-10,13H2,(H,22,26)(H,23,25). The number of nitrogens with zero attached hydrogens (tertiary/aromatic N) is 2. The summed E-state index contributed by atoms with van der Waals surface area (Å²) in [6.07, 6.45) is 1.74. The molecule has 1 aromatic carbocycles. The molecule has 4 rings (SSSR count). The number of carbonyl (C=O) groups excluding carboxylic acids is 1. The summed E-state index contributed by atoms with van der Waals surface area (Å²) in [7, 11) is 0. The van der Waals surface area contributed by atoms with Gasteiger partial charge in [0.2, 0.25) is 5.56 Å². The van der Waals surface area contributed by atoms with Gasteiger partial charge < -0.3 is 19.9 Å². The van der Waals surface area contributed by atoms with Gasteiger partial charge in [-0.2, -0.15) is 0 Å². The van der Waals surface area contributed by atoms with Crippen LogP contribution in [0.15, 0.2) is 53.5 Å². The molecule has 7 nitrogen and oxygen atoms in total. The second-order valence-electron chi connectivity index (χ2n) is 6.40. The molecule has 0 spiro atoms. The van der Waals surface area contributed by atoms with Crippen molar-refractivity contribution in [3.8, 4) is 0 Å². The first-order valence-corrected chi connectivity index (χ1v) is 8.88. The van der Waals surface area contributed by atoms with Gasteiger partial charge in [0, 0.05) is 42.8 Å². The van der Waals surface area contributed by atoms with Gasteiger partial charge in [-0.1, -0.05) is 18.2 Å². The number of nitrogens with one attached hydrogen (secondary N) is 2. The van der Waals surface area contributed by atoms with Crippen LogP contribution in [0, 0.1) is 0 Å². The van der Waals surface area contributed by atoms with Gasteiger partial charge in [-0.3, -0.25) is 9.59 Å². The van der Waals surface area contributed by atoms with Gasteiger partial charge in [0.1, 0.15) is 5.82 Å². The first-order chi connectivity index (χ1) is 13.2. The maximum atomic E-state index is 12.7. The number of pyridine rings is 2. The van der Waals surface area contributed by atoms with E-state index in [1.165, 1.54) is 6.07 Å². The number of amides is 1. The average Bonchev–Trinajstić information content (AvgIpc) is 2.72. The van der Waals surface area contributed by atoms with Crippen molar-refractivity contribution in [3.63, 3.8) is 0 Å². The highest BCUT2D eigenvalue weighted by Crippen LogP contribution is 2.16. The maximum Gasteiger partial charge on any atom is 0.252 e. The first-order valence-electron chi connectivity index (χ1n) is 8.88. The SMILES string of the molecule is O=C(NCc1ccnc(N2CCOCC2)c1)c1cc(=O)[nH]c2ccccc12. The van der Waals surface area contributed by atoms with Gasteiger partial charge in [0.15, 0.2) is 0 Å². The molecular formula is C20H20N4O3. The number of anilines is 1. The molecule has 1 fully saturated rings. The summed E-state index contributed by atoms with van der Waals surface area (Å²) in [5, 5.41) is 3.62. The molecule has 27 heavy (non-hydrogen) atoms. The summed E-state index contributed by atoms with van der Waals surface area (Å²) < 4.78 is 5.37. The predicted molar refractivity (Wildman–Crippen MR) is 103 cm³/mol. The van der Waals surface area contributed by atoms with Crippen LogP contribution in [0.25, 0.3) is 10.9 Å². The number of hydrogen-bond donors (Lipinski definition) is 2. The molecule has 3 heterocycles. The highest BCUT2D eigenvalue weighted by molar-refractivity contribution is 6.05. The maximum absolute atomic E-state index is 12.7. The Balaban J connectivity index is 1.51. The fraction of sp³-hybridized carbons (Fsp3) is 0.250. The quantitative estimate of drug-likeness (QED) is 0.736. The van der Waals surface area contributed by atoms with Crippen molar-refractivity contribution >= 4 is 22.6 Å². The third kappa shape index (κ3) is 3.83. The molecule has 1 aliphatic rings. The van der Waals surface area contributed by atoms with E-state index in [0.717, 1.165) is 29.9 Å². The lowest BCUT2D eigenvalue weighted by molar-refractivity contribution is 0.0952. The summed E-state index contributed by atoms with van der Waals surface area (Å²) in [4.78, 5) is 33.8. The molecule has 0 bridgehead atoms. The molecule has 1 aliphatic heterocycles. The van der Waals surface area contributed by atoms with Gasteiger partial charge in [0.25, 0.3) is 5.91 Å². The Morgan fingerprint density at radius 3 is 2.85 bits per heavy atom. The number of aromatic nitrogens is 2. The minimum absolute atomic E-state index is 0.276. The van der Waals surface area contributed by atoms with E-state index >= 15 is 0 Å². The third-order valence-electron chi connectivity index (χ3n) is 4.59. The molecular weight excluding hydrogens is 344 g/mol. The lowest BCUT2D eigenvalue weighted by atomic mass is 10.1. The second kappa shape index (κ2) is 7.59. The number of fused-ring (bicyclic) bond motifs is 1. The topological polar surface area (TPSA) is 87.3 Å². The van der Waals surface area contributed by atoms with Crippen LogP contribution >= 0.6 is 0 Å². The molecule has 3 aromatic rings. The molecule has 1 saturated heterocycles. The lowest BCUT2D eigenvalue weighted by Crippen LogP contribution is -2.36. The van der Waals surface area contributed by atoms with Crippen LogP contribution in [0.4, 0.5) is 5.82 Å². The Morgan fingerprint density at radius 2 is 2.00 bits per heavy atom. The van der Waals surface area contributed by atoms with Gasteiger partial charge in [-0.05, 0) is 23.8 Å². The van der Waals surface area contributed by atoms with Crippen molar-refractivity contribution in [2.24, 2.45) is 0 Å². The molecule has 0 aliphatic carbocycles. The number of benzene rings is 1. The van der Waals surface area contributed by atoms with Crippen LogP contribution in [0.2, 0.25) is 0 Å². The van der Waals surface area contributed by atoms with Crippen molar-refractivity contribution in [1.82, 2.24) is 15.3 Å². The van der Waals surface area contributed by atoms with Crippen molar-refractivity contribution < 1.29 is 9.53 Å². The summed E-state index contributed by atoms with van der Waals surface area (Å²) >= 11 is 0. The molecule has 0 saturated carbocycles. The van der Waals surface area contributed by atoms with Crippen LogP contribution in [0.5, 0.6) is 0 Å². The molecule has 0 radical (unpaired) electrons. The van der Waals surface area contributed by atoms with E-state index in [-0.39, 0.29) is 11.5 Å². The summed E-state index contributed by atoms with van der Waals surface area (Å²) in [6, 6.07) is 12.5. The number of H-pyrrole nitrogens is 1. The third-order valence-corrected chi connectivity index (χ3v) is 4.59. The largest absolute Gasteiger partial charge is 0.378 e. The molecule has 1 amide bonds. The van der Waals surface area contributed by atoms with Crippen LogP contribution < -0.4 is 15.8 Å². The molecule has 2 aromatic heterocycles. The number of rotatable bonds is 4. The monoisotopic (exact) mass is 364 g/mol. The Hall–Kier alpha value is -3.19. The van der Waals surface area contributed by atoms with Crippen LogP contribution in [0.3, 0.4) is 0 Å². The summed E-state index contributed by atoms with van der Waals surface area (Å²) in [6.45, 7) is 3.36. The molecule has 0 unspecified atom stereocenters. The number of aromatic amines is 1. The number of ether oxygens (including phenoxy) is 1. The number of carbonyl (C=O) groups is 1. The average molecular weight is 364 g/mol. The van der Waals surface area contributed by atoms with E-state index < -0.39 is 0 Å². The fourth-order valence-electron chi connectivity index (χ4n) is 3.21. The molecule has 7 heteroatoms. The Labute approximate surface area is 156 Å². The van der Waals surface area contributed by atoms with E-state index in [4.69, 9.17) is 4.74 Å². The zero-order valence-corrected chi connectivity index (χ0v) is 14.8. The van der Waals surface area contributed by atoms with Gasteiger partial charge in [-0.25, -0.2) is 4.98 Å². The predicted octanol–water partition coefficient (Wildman–Crippen LogP) is 1.69. The van der Waals surface area contributed by atoms with Crippen LogP contribution in [-0.2, 0) is 11.3 Å². The van der Waals surface area contributed by atoms with Crippen LogP contribution in [-0.4, -0.2) is 42.2 Å². The summed E-state index contributed by atoms with van der Waals surface area (Å²) in [5.41, 5.74) is 1.68. The van der Waals surface area contributed by atoms with Gasteiger partial charge >= 0.3 is 0 Å². The molecule has 0 atom stereocenters. The highest BCUT2D eigenvalue weighted by Gasteiger charge is 2.14. The number of hydrogen-bond acceptors (Lipinski definition) is 5. The van der Waals surface area contributed by atoms with Gasteiger partial charge in [-0.15, -0.1) is 0 Å². The summed E-state index contributed by atoms with van der Waals surface area (Å²) in [5.74, 6) is 0.605. The first kappa shape index (κ1) is 17.2. The lowest BCUT2D eigenvalue weighted by Gasteiger charge is -2.28. The smallest absolute Gasteiger partial charge is 0.252 e. The fourth-order valence-corrected chi connectivity index (χ4v) is 3.21. The Morgan fingerprint density at radius 1 is 1.19 bits per heavy atom. The zero-order chi connectivity index (χ0) is 18.6. The minimum Gasteiger partial charge on any atom is -0.378 e. The van der Waals surface area contributed by atoms with E-state index in [1.807, 2.05) is 30.3 Å². The van der Waals surface area contributed by atoms with E-state index in [2.05, 4.69) is 20.2 Å². The minimum atomic E-state index is -0.294. The van der Waals surface area contributed by atoms with Crippen molar-refractivity contribution in [3.05, 3.63) is 70.1 Å². The number of para-hydroxylation sites is 1. The second-order valence-corrected chi connectivity index (χ2v) is 6.40. The van der Waals surface area contributed by atoms with Crippen molar-refractivity contribution in [2.75, 3.05) is 31.2 Å². The number of morpholine rings is 1. The van der Waals surface area contributed by atoms with Crippen LogP contribution in [0.1, 0.15) is 15.9 Å². The normalized spacial score (nSPS) is 14.3. The zero-order valence-electron chi connectivity index (χ0n) is 14.8. The van der Waals surface area contributed by atoms with Gasteiger partial charge in [0.05, 0.1) is 18.8 Å². The van der Waals surface area contributed by atoms with E-state index in [1.54, 1.807) is 12.3 Å². The van der Waals surface area contributed by atoms with Crippen molar-refractivity contribution in [2.45, 2.75) is 6.54 Å². The molecule has 138 valence electrons. The van der Waals surface area contributed by atoms with Crippen molar-refractivity contribution in [1.29, 1.82) is 0 Å². The Kier molecular flexibility index (Phi) is 4.84. The Bertz CT molecular complexity index is 1020. The molecule has 2 N–H and O–H groups in total.